The summed E-state index contributed by atoms with van der Waals surface area (Å²) in [5.74, 6) is 0. The Morgan fingerprint density at radius 2 is 1.86 bits per heavy atom. The van der Waals surface area contributed by atoms with Gasteiger partial charge in [-0.05, 0) is 62.9 Å². The quantitative estimate of drug-likeness (QED) is 0.603. The predicted octanol–water partition coefficient (Wildman–Crippen LogP) is 5.65. The molecule has 28 heavy (non-hydrogen) atoms. The normalized spacial score (nSPS) is 16.4. The van der Waals surface area contributed by atoms with Gasteiger partial charge in [0.1, 0.15) is 0 Å². The molecule has 0 radical (unpaired) electrons. The highest BCUT2D eigenvalue weighted by Crippen LogP contribution is 2.32. The molecule has 1 unspecified atom stereocenters. The molecule has 1 fully saturated rings. The van der Waals surface area contributed by atoms with Crippen molar-refractivity contribution < 1.29 is 0 Å². The molecule has 4 nitrogen and oxygen atoms in total. The van der Waals surface area contributed by atoms with Crippen molar-refractivity contribution in [2.45, 2.75) is 71.5 Å². The Kier molecular flexibility index (Phi) is 5.67. The van der Waals surface area contributed by atoms with Gasteiger partial charge in [0.2, 0.25) is 0 Å². The van der Waals surface area contributed by atoms with Crippen LogP contribution in [0.3, 0.4) is 0 Å². The topological polar surface area (TPSA) is 34.8 Å². The van der Waals surface area contributed by atoms with Crippen molar-refractivity contribution in [1.29, 1.82) is 0 Å². The van der Waals surface area contributed by atoms with Gasteiger partial charge >= 0.3 is 0 Å². The minimum Gasteiger partial charge on any atom is -0.346 e. The summed E-state index contributed by atoms with van der Waals surface area (Å²) in [5.41, 5.74) is 6.75. The molecule has 0 spiro atoms. The van der Waals surface area contributed by atoms with Crippen LogP contribution in [0.25, 0.3) is 5.69 Å². The summed E-state index contributed by atoms with van der Waals surface area (Å²) in [6.07, 6.45) is 12.4. The van der Waals surface area contributed by atoms with Crippen LogP contribution in [0.4, 0.5) is 0 Å². The van der Waals surface area contributed by atoms with Crippen molar-refractivity contribution in [2.24, 2.45) is 0 Å². The van der Waals surface area contributed by atoms with Crippen LogP contribution in [-0.4, -0.2) is 14.1 Å². The van der Waals surface area contributed by atoms with Gasteiger partial charge in [0, 0.05) is 48.1 Å². The zero-order valence-corrected chi connectivity index (χ0v) is 17.4. The molecule has 1 aromatic carbocycles. The third-order valence-electron chi connectivity index (χ3n) is 6.32. The van der Waals surface area contributed by atoms with Crippen LogP contribution in [0.15, 0.2) is 49.1 Å². The molecule has 0 saturated heterocycles. The van der Waals surface area contributed by atoms with Gasteiger partial charge in [-0.25, -0.2) is 4.98 Å². The molecular weight excluding hydrogens is 344 g/mol. The summed E-state index contributed by atoms with van der Waals surface area (Å²) >= 11 is 0. The Balaban J connectivity index is 1.41. The Morgan fingerprint density at radius 3 is 2.54 bits per heavy atom. The second-order valence-electron chi connectivity index (χ2n) is 8.22. The van der Waals surface area contributed by atoms with Crippen molar-refractivity contribution in [2.75, 3.05) is 0 Å². The lowest BCUT2D eigenvalue weighted by Gasteiger charge is -2.26. The first-order valence-electron chi connectivity index (χ1n) is 10.6. The van der Waals surface area contributed by atoms with Gasteiger partial charge in [-0.1, -0.05) is 31.4 Å². The van der Waals surface area contributed by atoms with Crippen LogP contribution in [0.1, 0.15) is 73.6 Å². The van der Waals surface area contributed by atoms with E-state index in [1.165, 1.54) is 54.6 Å². The van der Waals surface area contributed by atoms with Gasteiger partial charge < -0.3 is 14.5 Å². The number of nitrogens with one attached hydrogen (secondary N) is 1. The van der Waals surface area contributed by atoms with Crippen LogP contribution in [0, 0.1) is 13.8 Å². The van der Waals surface area contributed by atoms with Crippen molar-refractivity contribution in [3.05, 3.63) is 71.6 Å². The molecule has 1 aliphatic rings. The van der Waals surface area contributed by atoms with E-state index in [9.17, 15) is 0 Å². The van der Waals surface area contributed by atoms with Gasteiger partial charge in [0.05, 0.1) is 6.33 Å². The molecule has 2 aromatic heterocycles. The lowest BCUT2D eigenvalue weighted by atomic mass is 9.95. The van der Waals surface area contributed by atoms with E-state index in [0.29, 0.717) is 12.1 Å². The molecule has 3 aromatic rings. The lowest BCUT2D eigenvalue weighted by Crippen LogP contribution is -2.19. The highest BCUT2D eigenvalue weighted by atomic mass is 15.0. The largest absolute Gasteiger partial charge is 0.346 e. The Hall–Kier alpha value is -2.33. The average Bonchev–Trinajstić information content (AvgIpc) is 3.35. The summed E-state index contributed by atoms with van der Waals surface area (Å²) in [5, 5.41) is 3.72. The van der Waals surface area contributed by atoms with Gasteiger partial charge in [0.15, 0.2) is 0 Å². The Labute approximate surface area is 168 Å². The monoisotopic (exact) mass is 376 g/mol. The summed E-state index contributed by atoms with van der Waals surface area (Å²) in [7, 11) is 0. The maximum absolute atomic E-state index is 4.12. The zero-order chi connectivity index (χ0) is 19.5. The van der Waals surface area contributed by atoms with E-state index in [4.69, 9.17) is 0 Å². The second kappa shape index (κ2) is 8.36. The number of aromatic nitrogens is 3. The second-order valence-corrected chi connectivity index (χ2v) is 8.22. The van der Waals surface area contributed by atoms with Crippen LogP contribution < -0.4 is 5.32 Å². The van der Waals surface area contributed by atoms with Crippen LogP contribution in [-0.2, 0) is 6.54 Å². The summed E-state index contributed by atoms with van der Waals surface area (Å²) in [4.78, 5) is 4.12. The molecule has 1 atom stereocenters. The van der Waals surface area contributed by atoms with Crippen molar-refractivity contribution in [3.8, 4) is 5.69 Å². The molecule has 0 aliphatic heterocycles. The highest BCUT2D eigenvalue weighted by molar-refractivity contribution is 5.35. The maximum Gasteiger partial charge on any atom is 0.0991 e. The number of imidazole rings is 1. The lowest BCUT2D eigenvalue weighted by molar-refractivity contribution is 0.345. The average molecular weight is 377 g/mol. The first kappa shape index (κ1) is 19.0. The number of rotatable bonds is 6. The Bertz CT molecular complexity index is 884. The molecule has 0 bridgehead atoms. The van der Waals surface area contributed by atoms with E-state index < -0.39 is 0 Å². The number of nitrogens with zero attached hydrogens (tertiary/aromatic N) is 3. The molecule has 4 heteroatoms. The fraction of sp³-hybridized carbons (Fsp3) is 0.458. The van der Waals surface area contributed by atoms with E-state index in [2.05, 4.69) is 66.0 Å². The fourth-order valence-corrected chi connectivity index (χ4v) is 4.65. The van der Waals surface area contributed by atoms with E-state index in [-0.39, 0.29) is 0 Å². The van der Waals surface area contributed by atoms with Crippen molar-refractivity contribution >= 4 is 0 Å². The zero-order valence-electron chi connectivity index (χ0n) is 17.4. The van der Waals surface area contributed by atoms with Gasteiger partial charge in [-0.2, -0.15) is 0 Å². The first-order valence-corrected chi connectivity index (χ1v) is 10.6. The maximum atomic E-state index is 4.12. The number of benzene rings is 1. The number of hydrogen-bond donors (Lipinski definition) is 1. The summed E-state index contributed by atoms with van der Waals surface area (Å²) in [6, 6.07) is 12.1. The van der Waals surface area contributed by atoms with E-state index in [0.717, 1.165) is 12.2 Å². The number of hydrogen-bond acceptors (Lipinski definition) is 2. The van der Waals surface area contributed by atoms with Crippen LogP contribution in [0.2, 0.25) is 0 Å². The van der Waals surface area contributed by atoms with Crippen molar-refractivity contribution in [3.63, 3.8) is 0 Å². The van der Waals surface area contributed by atoms with E-state index in [1.807, 2.05) is 23.3 Å². The van der Waals surface area contributed by atoms with Gasteiger partial charge in [-0.3, -0.25) is 0 Å². The van der Waals surface area contributed by atoms with Crippen LogP contribution in [0.5, 0.6) is 0 Å². The molecule has 0 amide bonds. The minimum atomic E-state index is 0.314. The van der Waals surface area contributed by atoms with Gasteiger partial charge in [-0.15, -0.1) is 0 Å². The molecule has 148 valence electrons. The predicted molar refractivity (Wildman–Crippen MR) is 115 cm³/mol. The molecule has 1 saturated carbocycles. The SMILES string of the molecule is Cc1cc(CNC(C)c2ccc(-n3ccnc3)cc2)c(C)n1C1CCCCC1. The highest BCUT2D eigenvalue weighted by Gasteiger charge is 2.20. The minimum absolute atomic E-state index is 0.314. The third-order valence-corrected chi connectivity index (χ3v) is 6.32. The van der Waals surface area contributed by atoms with E-state index in [1.54, 1.807) is 0 Å². The molecule has 4 rings (SSSR count). The summed E-state index contributed by atoms with van der Waals surface area (Å²) in [6.45, 7) is 7.72. The van der Waals surface area contributed by atoms with E-state index >= 15 is 0 Å². The van der Waals surface area contributed by atoms with Gasteiger partial charge in [0.25, 0.3) is 0 Å². The summed E-state index contributed by atoms with van der Waals surface area (Å²) < 4.78 is 4.63. The standard InChI is InChI=1S/C24H32N4/c1-18-15-22(20(3)28(18)24-7-5-4-6-8-24)16-26-19(2)21-9-11-23(12-10-21)27-14-13-25-17-27/h9-15,17,19,24,26H,4-8,16H2,1-3H3. The molecule has 2 heterocycles. The first-order chi connectivity index (χ1) is 13.6. The number of aryl methyl sites for hydroxylation is 1. The smallest absolute Gasteiger partial charge is 0.0991 e. The fourth-order valence-electron chi connectivity index (χ4n) is 4.65. The van der Waals surface area contributed by atoms with Crippen LogP contribution >= 0.6 is 0 Å². The molecule has 1 aliphatic carbocycles. The molecular formula is C24H32N4. The third kappa shape index (κ3) is 3.93. The Morgan fingerprint density at radius 1 is 1.11 bits per heavy atom. The molecule has 1 N–H and O–H groups in total. The van der Waals surface area contributed by atoms with Crippen molar-refractivity contribution in [1.82, 2.24) is 19.4 Å².